The molecule has 0 aliphatic carbocycles. The van der Waals surface area contributed by atoms with Gasteiger partial charge in [-0.1, -0.05) is 45.9 Å². The van der Waals surface area contributed by atoms with Crippen LogP contribution in [-0.4, -0.2) is 100 Å². The highest BCUT2D eigenvalue weighted by Gasteiger charge is 2.50. The second-order valence-electron chi connectivity index (χ2n) is 14.4. The van der Waals surface area contributed by atoms with Crippen LogP contribution in [0.15, 0.2) is 54.0 Å². The summed E-state index contributed by atoms with van der Waals surface area (Å²) < 4.78 is 51.3. The zero-order chi connectivity index (χ0) is 43.4. The Labute approximate surface area is 348 Å². The number of anilines is 2. The van der Waals surface area contributed by atoms with Gasteiger partial charge in [0.25, 0.3) is 11.5 Å². The maximum atomic E-state index is 13.0. The molecule has 23 nitrogen and oxygen atoms in total. The number of imidazole rings is 1. The predicted octanol–water partition coefficient (Wildman–Crippen LogP) is 2.67. The van der Waals surface area contributed by atoms with Crippen molar-refractivity contribution in [2.24, 2.45) is 17.8 Å². The lowest BCUT2D eigenvalue weighted by atomic mass is 9.95. The van der Waals surface area contributed by atoms with Crippen LogP contribution in [0.25, 0.3) is 16.8 Å². The third-order valence-corrected chi connectivity index (χ3v) is 11.7. The zero-order valence-electron chi connectivity index (χ0n) is 33.1. The number of H-pyrrole nitrogens is 1. The molecule has 1 aromatic carbocycles. The first-order valence-electron chi connectivity index (χ1n) is 19.0. The van der Waals surface area contributed by atoms with Crippen molar-refractivity contribution in [3.05, 3.63) is 70.7 Å². The van der Waals surface area contributed by atoms with Crippen LogP contribution in [0, 0.1) is 29.1 Å². The molecule has 7 rings (SSSR count). The van der Waals surface area contributed by atoms with Crippen LogP contribution in [0.3, 0.4) is 0 Å². The molecule has 6 heterocycles. The Hall–Kier alpha value is -5.24. The van der Waals surface area contributed by atoms with Crippen LogP contribution in [0.5, 0.6) is 0 Å². The molecular weight excluding hydrogens is 840 g/mol. The van der Waals surface area contributed by atoms with Crippen molar-refractivity contribution in [3.63, 3.8) is 0 Å². The number of carbonyl (C=O) groups excluding carboxylic acids is 2. The van der Waals surface area contributed by atoms with Crippen molar-refractivity contribution in [3.8, 4) is 6.07 Å². The summed E-state index contributed by atoms with van der Waals surface area (Å²) in [7, 11) is -5.71. The number of aliphatic hydroxyl groups excluding tert-OH is 1. The van der Waals surface area contributed by atoms with Crippen molar-refractivity contribution < 1.29 is 51.7 Å². The van der Waals surface area contributed by atoms with E-state index in [2.05, 4.69) is 40.7 Å². The summed E-state index contributed by atoms with van der Waals surface area (Å²) in [5, 5.41) is 29.2. The molecule has 322 valence electrons. The molecule has 2 fully saturated rings. The first-order chi connectivity index (χ1) is 29.4. The molecule has 2 aliphatic heterocycles. The lowest BCUT2D eigenvalue weighted by molar-refractivity contribution is -0.192. The Morgan fingerprint density at radius 1 is 1.08 bits per heavy atom. The molecule has 0 spiro atoms. The molecule has 0 bridgehead atoms. The standard InChI is InChI=1S/C36H41N11O12P2/c1-18(2)31(49)43-35-42-30-25(33(51)44-35)40-17-46(30)34-28(19(3)23(14-48)57-34)59-61(54-12-8-11-37)55-15-24-27(58-60(52)53)20(4)26(56-24)22-13-41-47-29(22)38-16-39-36(47)45-32(50)21-9-6-5-7-10-21/h5-7,9-10,13,16-20,23-24,26-28,34,48H,8,12,14-15H2,1-4H3,(H,38,39,45,50)(H2,42,43,44,49,51). The third-order valence-electron chi connectivity index (χ3n) is 10.1. The van der Waals surface area contributed by atoms with Crippen molar-refractivity contribution >= 4 is 57.4 Å². The van der Waals surface area contributed by atoms with Gasteiger partial charge in [-0.25, -0.2) is 15.0 Å². The largest absolute Gasteiger partial charge is 0.566 e. The van der Waals surface area contributed by atoms with E-state index in [0.29, 0.717) is 11.1 Å². The number of fused-ring (bicyclic) bond motifs is 2. The SMILES string of the molecule is CC(C)C(=O)Nc1nc2c(ncn2C2OC(CO)C(C)C2OP(OCCC#N)OCC2OC(c3cnn4c(NC(=O)c5ccccc5)ncnc34)C(C)C2O[P+](=O)[O-])c(=O)[nH]1. The molecule has 25 heteroatoms. The third kappa shape index (κ3) is 9.49. The van der Waals surface area contributed by atoms with Gasteiger partial charge < -0.3 is 33.0 Å². The Balaban J connectivity index is 1.12. The fourth-order valence-electron chi connectivity index (χ4n) is 6.90. The highest BCUT2D eigenvalue weighted by Crippen LogP contribution is 2.50. The minimum absolute atomic E-state index is 0.0273. The fraction of sp³-hybridized carbons (Fsp3) is 0.472. The van der Waals surface area contributed by atoms with Gasteiger partial charge in [0.1, 0.15) is 24.6 Å². The average Bonchev–Trinajstić information content (AvgIpc) is 4.01. The van der Waals surface area contributed by atoms with Crippen molar-refractivity contribution in [1.82, 2.24) is 39.1 Å². The number of benzene rings is 1. The van der Waals surface area contributed by atoms with Crippen LogP contribution in [0.4, 0.5) is 11.9 Å². The van der Waals surface area contributed by atoms with E-state index in [0.717, 1.165) is 0 Å². The van der Waals surface area contributed by atoms with Gasteiger partial charge in [0.05, 0.1) is 57.0 Å². The van der Waals surface area contributed by atoms with Crippen LogP contribution in [0.2, 0.25) is 0 Å². The van der Waals surface area contributed by atoms with Gasteiger partial charge in [-0.2, -0.15) is 19.9 Å². The van der Waals surface area contributed by atoms with Crippen molar-refractivity contribution in [1.29, 1.82) is 5.26 Å². The Kier molecular flexibility index (Phi) is 13.8. The number of nitrogens with zero attached hydrogens (tertiary/aromatic N) is 8. The van der Waals surface area contributed by atoms with Gasteiger partial charge in [0, 0.05) is 28.9 Å². The summed E-state index contributed by atoms with van der Waals surface area (Å²) in [4.78, 5) is 70.0. The summed E-state index contributed by atoms with van der Waals surface area (Å²) in [6, 6.07) is 10.5. The van der Waals surface area contributed by atoms with Crippen LogP contribution in [0.1, 0.15) is 62.4 Å². The van der Waals surface area contributed by atoms with E-state index in [1.54, 1.807) is 58.0 Å². The number of aliphatic hydroxyl groups is 1. The minimum atomic E-state index is -3.36. The predicted molar refractivity (Wildman–Crippen MR) is 210 cm³/mol. The number of hydrogen-bond acceptors (Lipinski definition) is 18. The van der Waals surface area contributed by atoms with Crippen LogP contribution < -0.4 is 21.1 Å². The maximum Gasteiger partial charge on any atom is 0.488 e. The quantitative estimate of drug-likeness (QED) is 0.0771. The highest BCUT2D eigenvalue weighted by atomic mass is 31.2. The summed E-state index contributed by atoms with van der Waals surface area (Å²) in [6.45, 7) is 6.02. The molecule has 0 radical (unpaired) electrons. The number of aromatic nitrogens is 8. The summed E-state index contributed by atoms with van der Waals surface area (Å²) in [6.07, 6.45) is -1.66. The van der Waals surface area contributed by atoms with E-state index in [1.165, 1.54) is 27.9 Å². The van der Waals surface area contributed by atoms with Gasteiger partial charge in [0.2, 0.25) is 17.8 Å². The normalized spacial score (nSPS) is 24.6. The molecule has 4 N–H and O–H groups in total. The van der Waals surface area contributed by atoms with E-state index in [1.807, 2.05) is 6.07 Å². The zero-order valence-corrected chi connectivity index (χ0v) is 34.8. The lowest BCUT2D eigenvalue weighted by Crippen LogP contribution is -2.32. The van der Waals surface area contributed by atoms with Gasteiger partial charge in [-0.3, -0.25) is 34.6 Å². The molecule has 0 saturated carbocycles. The molecule has 10 unspecified atom stereocenters. The molecule has 61 heavy (non-hydrogen) atoms. The molecular formula is C36H41N11O12P2. The van der Waals surface area contributed by atoms with Crippen molar-refractivity contribution in [2.75, 3.05) is 30.5 Å². The topological polar surface area (TPSA) is 304 Å². The number of aromatic amines is 1. The number of nitrogens with one attached hydrogen (secondary N) is 3. The molecule has 5 aromatic rings. The second-order valence-corrected chi connectivity index (χ2v) is 16.3. The van der Waals surface area contributed by atoms with Crippen LogP contribution >= 0.6 is 16.9 Å². The van der Waals surface area contributed by atoms with Crippen molar-refractivity contribution in [2.45, 2.75) is 70.9 Å². The highest BCUT2D eigenvalue weighted by molar-refractivity contribution is 7.41. The van der Waals surface area contributed by atoms with E-state index in [9.17, 15) is 34.2 Å². The minimum Gasteiger partial charge on any atom is -0.566 e. The van der Waals surface area contributed by atoms with Gasteiger partial charge >= 0.3 is 16.9 Å². The van der Waals surface area contributed by atoms with E-state index in [4.69, 9.17) is 27.6 Å². The van der Waals surface area contributed by atoms with Crippen LogP contribution in [-0.2, 0) is 36.9 Å². The summed E-state index contributed by atoms with van der Waals surface area (Å²) in [5.74, 6) is -2.37. The van der Waals surface area contributed by atoms with E-state index < -0.39 is 89.4 Å². The molecule has 2 amide bonds. The summed E-state index contributed by atoms with van der Waals surface area (Å²) >= 11 is 0. The molecule has 4 aromatic heterocycles. The summed E-state index contributed by atoms with van der Waals surface area (Å²) in [5.41, 5.74) is 0.511. The lowest BCUT2D eigenvalue weighted by Gasteiger charge is -2.27. The monoisotopic (exact) mass is 881 g/mol. The smallest absolute Gasteiger partial charge is 0.488 e. The second kappa shape index (κ2) is 19.2. The van der Waals surface area contributed by atoms with Gasteiger partial charge in [-0.05, 0) is 16.7 Å². The number of nitriles is 1. The maximum absolute atomic E-state index is 13.0. The van der Waals surface area contributed by atoms with E-state index in [-0.39, 0.29) is 54.2 Å². The number of hydrogen-bond donors (Lipinski definition) is 4. The van der Waals surface area contributed by atoms with Gasteiger partial charge in [-0.15, -0.1) is 4.52 Å². The molecule has 2 aliphatic rings. The van der Waals surface area contributed by atoms with Gasteiger partial charge in [0.15, 0.2) is 23.0 Å². The van der Waals surface area contributed by atoms with E-state index >= 15 is 0 Å². The molecule has 10 atom stereocenters. The number of amides is 2. The number of carbonyl (C=O) groups is 2. The Morgan fingerprint density at radius 2 is 1.87 bits per heavy atom. The number of ether oxygens (including phenoxy) is 2. The first-order valence-corrected chi connectivity index (χ1v) is 21.2. The fourth-order valence-corrected chi connectivity index (χ4v) is 8.63. The first kappa shape index (κ1) is 43.8. The Morgan fingerprint density at radius 3 is 2.59 bits per heavy atom. The Bertz CT molecular complexity index is 2480. The number of rotatable bonds is 17. The average molecular weight is 882 g/mol. The molecule has 2 saturated heterocycles.